The van der Waals surface area contributed by atoms with E-state index in [0.717, 1.165) is 0 Å². The predicted molar refractivity (Wildman–Crippen MR) is 133 cm³/mol. The van der Waals surface area contributed by atoms with Gasteiger partial charge >= 0.3 is 0 Å². The number of aromatic amines is 2. The van der Waals surface area contributed by atoms with Crippen molar-refractivity contribution in [2.24, 2.45) is 0 Å². The molecule has 5 aromatic rings. The summed E-state index contributed by atoms with van der Waals surface area (Å²) in [6, 6.07) is 5.07. The molecule has 0 radical (unpaired) electrons. The van der Waals surface area contributed by atoms with Gasteiger partial charge in [0.25, 0.3) is 5.56 Å². The zero-order valence-corrected chi connectivity index (χ0v) is 19.9. The van der Waals surface area contributed by atoms with Crippen molar-refractivity contribution in [1.82, 2.24) is 34.7 Å². The van der Waals surface area contributed by atoms with E-state index in [4.69, 9.17) is 14.5 Å². The lowest BCUT2D eigenvalue weighted by Gasteiger charge is -2.16. The number of hydrogen-bond acceptors (Lipinski definition) is 8. The first-order valence-corrected chi connectivity index (χ1v) is 11.4. The normalized spacial score (nSPS) is 12.2. The van der Waals surface area contributed by atoms with Crippen LogP contribution in [0.1, 0.15) is 32.6 Å². The summed E-state index contributed by atoms with van der Waals surface area (Å²) in [4.78, 5) is 33.0. The standard InChI is InChI=1S/C24H26N8O3/c1-5-32-12-16-20(31-32)21(27-13(3)22-25-8-7-9-26-22)19(24(33)30-16)23-28-14-10-17(34-4)18(35-6-2)11-15(14)29-23/h7-13,27H,5-6H2,1-4H3,(H,28,29)(H,30,33). The minimum atomic E-state index is -0.298. The number of nitrogens with zero attached hydrogens (tertiary/aromatic N) is 5. The number of H-pyrrole nitrogens is 2. The topological polar surface area (TPSA) is 136 Å². The lowest BCUT2D eigenvalue weighted by atomic mass is 10.1. The third-order valence-corrected chi connectivity index (χ3v) is 5.69. The van der Waals surface area contributed by atoms with Gasteiger partial charge < -0.3 is 24.8 Å². The number of nitrogens with one attached hydrogen (secondary N) is 3. The molecule has 0 bridgehead atoms. The van der Waals surface area contributed by atoms with Crippen LogP contribution in [0.15, 0.2) is 41.6 Å². The Morgan fingerprint density at radius 3 is 2.63 bits per heavy atom. The fourth-order valence-corrected chi connectivity index (χ4v) is 4.02. The van der Waals surface area contributed by atoms with E-state index in [2.05, 4.69) is 30.4 Å². The molecule has 1 aromatic carbocycles. The second kappa shape index (κ2) is 9.09. The van der Waals surface area contributed by atoms with E-state index in [0.29, 0.717) is 69.6 Å². The van der Waals surface area contributed by atoms with E-state index >= 15 is 0 Å². The Morgan fingerprint density at radius 2 is 1.91 bits per heavy atom. The first-order chi connectivity index (χ1) is 17.0. The Labute approximate surface area is 200 Å². The zero-order chi connectivity index (χ0) is 24.5. The largest absolute Gasteiger partial charge is 0.493 e. The van der Waals surface area contributed by atoms with Crippen LogP contribution in [0, 0.1) is 0 Å². The van der Waals surface area contributed by atoms with E-state index in [9.17, 15) is 4.79 Å². The number of aryl methyl sites for hydroxylation is 1. The Kier molecular flexibility index (Phi) is 5.81. The number of ether oxygens (including phenoxy) is 2. The van der Waals surface area contributed by atoms with Crippen molar-refractivity contribution in [3.8, 4) is 22.9 Å². The van der Waals surface area contributed by atoms with E-state index in [1.54, 1.807) is 36.3 Å². The van der Waals surface area contributed by atoms with Gasteiger partial charge in [-0.15, -0.1) is 0 Å². The fourth-order valence-electron chi connectivity index (χ4n) is 4.02. The summed E-state index contributed by atoms with van der Waals surface area (Å²) in [7, 11) is 1.58. The van der Waals surface area contributed by atoms with Crippen LogP contribution in [0.4, 0.5) is 5.69 Å². The third-order valence-electron chi connectivity index (χ3n) is 5.69. The number of rotatable bonds is 8. The predicted octanol–water partition coefficient (Wildman–Crippen LogP) is 3.66. The molecule has 0 spiro atoms. The van der Waals surface area contributed by atoms with Gasteiger partial charge in [0.1, 0.15) is 22.7 Å². The van der Waals surface area contributed by atoms with E-state index in [1.165, 1.54) is 0 Å². The van der Waals surface area contributed by atoms with Crippen molar-refractivity contribution in [3.63, 3.8) is 0 Å². The Morgan fingerprint density at radius 1 is 1.11 bits per heavy atom. The van der Waals surface area contributed by atoms with Crippen molar-refractivity contribution in [2.45, 2.75) is 33.4 Å². The van der Waals surface area contributed by atoms with Crippen LogP contribution < -0.4 is 20.3 Å². The Bertz CT molecular complexity index is 1550. The van der Waals surface area contributed by atoms with Crippen LogP contribution in [0.2, 0.25) is 0 Å². The summed E-state index contributed by atoms with van der Waals surface area (Å²) in [6.45, 7) is 6.98. The number of benzene rings is 1. The lowest BCUT2D eigenvalue weighted by molar-refractivity contribution is 0.311. The molecule has 0 saturated carbocycles. The van der Waals surface area contributed by atoms with Gasteiger partial charge in [-0.3, -0.25) is 9.48 Å². The molecule has 0 aliphatic heterocycles. The Balaban J connectivity index is 1.70. The molecule has 0 aliphatic carbocycles. The van der Waals surface area contributed by atoms with Gasteiger partial charge in [0.05, 0.1) is 42.0 Å². The molecule has 1 atom stereocenters. The van der Waals surface area contributed by atoms with Gasteiger partial charge in [-0.25, -0.2) is 15.0 Å². The average molecular weight is 475 g/mol. The number of hydrogen-bond donors (Lipinski definition) is 3. The van der Waals surface area contributed by atoms with Gasteiger partial charge in [-0.2, -0.15) is 5.10 Å². The van der Waals surface area contributed by atoms with Gasteiger partial charge in [-0.1, -0.05) is 0 Å². The van der Waals surface area contributed by atoms with Crippen molar-refractivity contribution in [3.05, 3.63) is 53.0 Å². The van der Waals surface area contributed by atoms with Crippen LogP contribution in [0.25, 0.3) is 33.5 Å². The molecule has 11 nitrogen and oxygen atoms in total. The summed E-state index contributed by atoms with van der Waals surface area (Å²) in [5.41, 5.74) is 3.20. The van der Waals surface area contributed by atoms with Crippen LogP contribution >= 0.6 is 0 Å². The second-order valence-electron chi connectivity index (χ2n) is 7.96. The molecule has 4 heterocycles. The SMILES string of the molecule is CCOc1cc2[nH]c(-c3c(NC(C)c4ncccn4)c4nn(CC)cc4[nH]c3=O)nc2cc1OC. The highest BCUT2D eigenvalue weighted by Crippen LogP contribution is 2.35. The van der Waals surface area contributed by atoms with Crippen LogP contribution in [-0.4, -0.2) is 48.4 Å². The second-order valence-corrected chi connectivity index (χ2v) is 7.96. The molecule has 0 aliphatic rings. The minimum absolute atomic E-state index is 0.291. The molecule has 0 fully saturated rings. The van der Waals surface area contributed by atoms with Crippen molar-refractivity contribution in [2.75, 3.05) is 19.0 Å². The smallest absolute Gasteiger partial charge is 0.261 e. The van der Waals surface area contributed by atoms with E-state index < -0.39 is 0 Å². The molecule has 180 valence electrons. The third kappa shape index (κ3) is 4.05. The van der Waals surface area contributed by atoms with Crippen LogP contribution in [-0.2, 0) is 6.54 Å². The zero-order valence-electron chi connectivity index (χ0n) is 19.9. The highest BCUT2D eigenvalue weighted by molar-refractivity contribution is 5.96. The number of methoxy groups -OCH3 is 1. The van der Waals surface area contributed by atoms with E-state index in [-0.39, 0.29) is 11.6 Å². The highest BCUT2D eigenvalue weighted by Gasteiger charge is 2.23. The molecule has 5 rings (SSSR count). The molecule has 4 aromatic heterocycles. The van der Waals surface area contributed by atoms with E-state index in [1.807, 2.05) is 33.0 Å². The molecule has 11 heteroatoms. The molecule has 35 heavy (non-hydrogen) atoms. The van der Waals surface area contributed by atoms with Gasteiger partial charge in [0.2, 0.25) is 0 Å². The molecule has 0 amide bonds. The summed E-state index contributed by atoms with van der Waals surface area (Å²) in [6.07, 6.45) is 5.18. The maximum atomic E-state index is 13.4. The molecule has 1 unspecified atom stereocenters. The molecular formula is C24H26N8O3. The summed E-state index contributed by atoms with van der Waals surface area (Å²) in [5.74, 6) is 2.15. The van der Waals surface area contributed by atoms with Crippen molar-refractivity contribution >= 4 is 27.8 Å². The first-order valence-electron chi connectivity index (χ1n) is 11.4. The molecule has 0 saturated heterocycles. The number of aromatic nitrogens is 7. The first kappa shape index (κ1) is 22.4. The number of fused-ring (bicyclic) bond motifs is 2. The summed E-state index contributed by atoms with van der Waals surface area (Å²) in [5, 5.41) is 8.10. The van der Waals surface area contributed by atoms with Gasteiger partial charge in [-0.05, 0) is 26.8 Å². The number of anilines is 1. The number of imidazole rings is 1. The van der Waals surface area contributed by atoms with Crippen molar-refractivity contribution in [1.29, 1.82) is 0 Å². The van der Waals surface area contributed by atoms with Crippen LogP contribution in [0.5, 0.6) is 11.5 Å². The monoisotopic (exact) mass is 474 g/mol. The molecule has 3 N–H and O–H groups in total. The Hall–Kier alpha value is -4.41. The van der Waals surface area contributed by atoms with Crippen LogP contribution in [0.3, 0.4) is 0 Å². The lowest BCUT2D eigenvalue weighted by Crippen LogP contribution is -2.17. The van der Waals surface area contributed by atoms with Gasteiger partial charge in [0, 0.05) is 37.3 Å². The van der Waals surface area contributed by atoms with Gasteiger partial charge in [0.15, 0.2) is 11.5 Å². The quantitative estimate of drug-likeness (QED) is 0.310. The maximum Gasteiger partial charge on any atom is 0.261 e. The number of pyridine rings is 1. The summed E-state index contributed by atoms with van der Waals surface area (Å²) >= 11 is 0. The average Bonchev–Trinajstić information content (AvgIpc) is 3.47. The molecular weight excluding hydrogens is 448 g/mol. The summed E-state index contributed by atoms with van der Waals surface area (Å²) < 4.78 is 12.9. The fraction of sp³-hybridized carbons (Fsp3) is 0.292. The highest BCUT2D eigenvalue weighted by atomic mass is 16.5. The minimum Gasteiger partial charge on any atom is -0.493 e. The van der Waals surface area contributed by atoms with Crippen molar-refractivity contribution < 1.29 is 9.47 Å². The maximum absolute atomic E-state index is 13.4.